The first-order valence-corrected chi connectivity index (χ1v) is 6.69. The molecule has 0 aromatic heterocycles. The highest BCUT2D eigenvalue weighted by molar-refractivity contribution is 5.24. The lowest BCUT2D eigenvalue weighted by atomic mass is 10.1. The molecule has 0 amide bonds. The maximum atomic E-state index is 13.5. The number of ether oxygens (including phenoxy) is 1. The van der Waals surface area contributed by atoms with Crippen LogP contribution in [0.1, 0.15) is 38.3 Å². The van der Waals surface area contributed by atoms with Crippen LogP contribution in [0.3, 0.4) is 0 Å². The van der Waals surface area contributed by atoms with Crippen LogP contribution in [-0.2, 0) is 17.9 Å². The number of nitrogens with one attached hydrogen (secondary N) is 1. The second-order valence-electron chi connectivity index (χ2n) is 5.00. The number of halogens is 1. The molecule has 1 aromatic rings. The summed E-state index contributed by atoms with van der Waals surface area (Å²) in [6, 6.07) is 5.24. The second kappa shape index (κ2) is 8.22. The van der Waals surface area contributed by atoms with Gasteiger partial charge in [-0.3, -0.25) is 0 Å². The van der Waals surface area contributed by atoms with Crippen molar-refractivity contribution >= 4 is 0 Å². The fourth-order valence-corrected chi connectivity index (χ4v) is 1.68. The molecule has 2 nitrogen and oxygen atoms in total. The summed E-state index contributed by atoms with van der Waals surface area (Å²) in [5.74, 6) is 0.441. The minimum atomic E-state index is -0.182. The lowest BCUT2D eigenvalue weighted by Gasteiger charge is -2.10. The first-order valence-electron chi connectivity index (χ1n) is 6.69. The van der Waals surface area contributed by atoms with Gasteiger partial charge in [-0.25, -0.2) is 4.39 Å². The van der Waals surface area contributed by atoms with Crippen LogP contribution in [0.4, 0.5) is 4.39 Å². The van der Waals surface area contributed by atoms with Gasteiger partial charge in [0.15, 0.2) is 0 Å². The van der Waals surface area contributed by atoms with Crippen LogP contribution >= 0.6 is 0 Å². The van der Waals surface area contributed by atoms with Gasteiger partial charge in [0, 0.05) is 18.7 Å². The van der Waals surface area contributed by atoms with Crippen molar-refractivity contribution in [2.24, 2.45) is 5.92 Å². The molecule has 3 heteroatoms. The summed E-state index contributed by atoms with van der Waals surface area (Å²) in [5.41, 5.74) is 1.75. The Morgan fingerprint density at radius 1 is 1.33 bits per heavy atom. The van der Waals surface area contributed by atoms with E-state index in [-0.39, 0.29) is 5.82 Å². The van der Waals surface area contributed by atoms with Gasteiger partial charge in [0.25, 0.3) is 0 Å². The Morgan fingerprint density at radius 2 is 2.11 bits per heavy atom. The lowest BCUT2D eigenvalue weighted by molar-refractivity contribution is 0.119. The molecule has 0 fully saturated rings. The van der Waals surface area contributed by atoms with Gasteiger partial charge in [-0.05, 0) is 36.6 Å². The Hall–Kier alpha value is -0.930. The van der Waals surface area contributed by atoms with Crippen molar-refractivity contribution in [1.29, 1.82) is 0 Å². The molecule has 0 aliphatic heterocycles. The van der Waals surface area contributed by atoms with Gasteiger partial charge in [0.05, 0.1) is 6.61 Å². The van der Waals surface area contributed by atoms with Crippen molar-refractivity contribution in [3.05, 3.63) is 35.1 Å². The van der Waals surface area contributed by atoms with E-state index in [4.69, 9.17) is 4.74 Å². The summed E-state index contributed by atoms with van der Waals surface area (Å²) in [4.78, 5) is 0. The Balaban J connectivity index is 2.51. The van der Waals surface area contributed by atoms with Crippen molar-refractivity contribution < 1.29 is 9.13 Å². The quantitative estimate of drug-likeness (QED) is 0.716. The third-order valence-electron chi connectivity index (χ3n) is 2.60. The molecule has 0 radical (unpaired) electrons. The van der Waals surface area contributed by atoms with Gasteiger partial charge < -0.3 is 10.1 Å². The average molecular weight is 253 g/mol. The normalized spacial score (nSPS) is 11.2. The molecular weight excluding hydrogens is 229 g/mol. The molecular formula is C15H24FNO. The highest BCUT2D eigenvalue weighted by Crippen LogP contribution is 2.12. The molecule has 1 aromatic carbocycles. The minimum Gasteiger partial charge on any atom is -0.377 e. The monoisotopic (exact) mass is 253 g/mol. The van der Waals surface area contributed by atoms with Crippen LogP contribution in [0.25, 0.3) is 0 Å². The van der Waals surface area contributed by atoms with Crippen LogP contribution in [-0.4, -0.2) is 13.2 Å². The predicted octanol–water partition coefficient (Wildman–Crippen LogP) is 3.50. The summed E-state index contributed by atoms with van der Waals surface area (Å²) in [7, 11) is 0. The van der Waals surface area contributed by atoms with E-state index in [2.05, 4.69) is 19.2 Å². The van der Waals surface area contributed by atoms with E-state index in [1.807, 2.05) is 19.1 Å². The zero-order chi connectivity index (χ0) is 13.4. The topological polar surface area (TPSA) is 21.3 Å². The fraction of sp³-hybridized carbons (Fsp3) is 0.600. The lowest BCUT2D eigenvalue weighted by Crippen LogP contribution is -2.19. The molecule has 0 unspecified atom stereocenters. The van der Waals surface area contributed by atoms with Crippen molar-refractivity contribution in [1.82, 2.24) is 5.32 Å². The van der Waals surface area contributed by atoms with Gasteiger partial charge >= 0.3 is 0 Å². The van der Waals surface area contributed by atoms with Crippen molar-refractivity contribution in [2.75, 3.05) is 13.2 Å². The van der Waals surface area contributed by atoms with E-state index in [1.54, 1.807) is 0 Å². The molecule has 0 aliphatic carbocycles. The van der Waals surface area contributed by atoms with Gasteiger partial charge in [0.1, 0.15) is 5.82 Å². The van der Waals surface area contributed by atoms with Crippen LogP contribution in [0.15, 0.2) is 18.2 Å². The van der Waals surface area contributed by atoms with E-state index >= 15 is 0 Å². The number of rotatable bonds is 8. The molecule has 102 valence electrons. The average Bonchev–Trinajstić information content (AvgIpc) is 2.33. The standard InChI is InChI=1S/C15H24FNO/c1-4-7-18-11-14-8-13(5-6-15(14)16)10-17-9-12(2)3/h5-6,8,12,17H,4,7,9-11H2,1-3H3. The predicted molar refractivity (Wildman–Crippen MR) is 72.9 cm³/mol. The summed E-state index contributed by atoms with van der Waals surface area (Å²) >= 11 is 0. The maximum Gasteiger partial charge on any atom is 0.128 e. The smallest absolute Gasteiger partial charge is 0.128 e. The van der Waals surface area contributed by atoms with Crippen LogP contribution in [0, 0.1) is 11.7 Å². The van der Waals surface area contributed by atoms with Crippen molar-refractivity contribution in [3.63, 3.8) is 0 Å². The summed E-state index contributed by atoms with van der Waals surface area (Å²) in [5, 5.41) is 3.35. The number of hydrogen-bond donors (Lipinski definition) is 1. The van der Waals surface area contributed by atoms with E-state index < -0.39 is 0 Å². The summed E-state index contributed by atoms with van der Waals surface area (Å²) in [6.07, 6.45) is 0.956. The Bertz CT molecular complexity index is 352. The molecule has 1 rings (SSSR count). The Kier molecular flexibility index (Phi) is 6.91. The SMILES string of the molecule is CCCOCc1cc(CNCC(C)C)ccc1F. The van der Waals surface area contributed by atoms with Gasteiger partial charge in [-0.1, -0.05) is 26.8 Å². The van der Waals surface area contributed by atoms with E-state index in [1.165, 1.54) is 6.07 Å². The highest BCUT2D eigenvalue weighted by Gasteiger charge is 2.04. The Morgan fingerprint density at radius 3 is 2.78 bits per heavy atom. The molecule has 1 N–H and O–H groups in total. The first-order chi connectivity index (χ1) is 8.63. The molecule has 0 bridgehead atoms. The summed E-state index contributed by atoms with van der Waals surface area (Å²) in [6.45, 7) is 9.16. The third kappa shape index (κ3) is 5.61. The van der Waals surface area contributed by atoms with Crippen LogP contribution < -0.4 is 5.32 Å². The zero-order valence-electron chi connectivity index (χ0n) is 11.6. The zero-order valence-corrected chi connectivity index (χ0v) is 11.6. The molecule has 18 heavy (non-hydrogen) atoms. The van der Waals surface area contributed by atoms with Crippen molar-refractivity contribution in [2.45, 2.75) is 40.3 Å². The van der Waals surface area contributed by atoms with Crippen LogP contribution in [0.2, 0.25) is 0 Å². The van der Waals surface area contributed by atoms with E-state index in [9.17, 15) is 4.39 Å². The molecule has 0 heterocycles. The van der Waals surface area contributed by atoms with E-state index in [0.29, 0.717) is 24.7 Å². The van der Waals surface area contributed by atoms with E-state index in [0.717, 1.165) is 25.1 Å². The molecule has 0 saturated heterocycles. The fourth-order valence-electron chi connectivity index (χ4n) is 1.68. The minimum absolute atomic E-state index is 0.182. The number of hydrogen-bond acceptors (Lipinski definition) is 2. The van der Waals surface area contributed by atoms with Crippen molar-refractivity contribution in [3.8, 4) is 0 Å². The molecule has 0 atom stereocenters. The number of benzene rings is 1. The molecule has 0 spiro atoms. The highest BCUT2D eigenvalue weighted by atomic mass is 19.1. The molecule has 0 aliphatic rings. The largest absolute Gasteiger partial charge is 0.377 e. The maximum absolute atomic E-state index is 13.5. The first kappa shape index (κ1) is 15.1. The van der Waals surface area contributed by atoms with Crippen LogP contribution in [0.5, 0.6) is 0 Å². The van der Waals surface area contributed by atoms with Gasteiger partial charge in [-0.15, -0.1) is 0 Å². The third-order valence-corrected chi connectivity index (χ3v) is 2.60. The Labute approximate surface area is 110 Å². The molecule has 0 saturated carbocycles. The second-order valence-corrected chi connectivity index (χ2v) is 5.00. The van der Waals surface area contributed by atoms with Gasteiger partial charge in [0.2, 0.25) is 0 Å². The summed E-state index contributed by atoms with van der Waals surface area (Å²) < 4.78 is 18.9. The van der Waals surface area contributed by atoms with Gasteiger partial charge in [-0.2, -0.15) is 0 Å².